The summed E-state index contributed by atoms with van der Waals surface area (Å²) in [5, 5.41) is 7.43. The molecule has 7 heteroatoms. The lowest BCUT2D eigenvalue weighted by Gasteiger charge is -2.20. The number of amides is 1. The molecule has 0 radical (unpaired) electrons. The molecule has 2 aromatic rings. The van der Waals surface area contributed by atoms with Crippen LogP contribution in [-0.4, -0.2) is 16.0 Å². The maximum absolute atomic E-state index is 12.6. The van der Waals surface area contributed by atoms with Crippen LogP contribution in [0.15, 0.2) is 28.8 Å². The van der Waals surface area contributed by atoms with Crippen LogP contribution in [0.4, 0.5) is 0 Å². The number of nitrogens with one attached hydrogen (secondary N) is 1. The van der Waals surface area contributed by atoms with Crippen molar-refractivity contribution in [3.05, 3.63) is 46.6 Å². The molecule has 1 aromatic heterocycles. The summed E-state index contributed by atoms with van der Waals surface area (Å²) in [7, 11) is 0. The molecular weight excluding hydrogens is 340 g/mol. The van der Waals surface area contributed by atoms with E-state index in [0.717, 1.165) is 25.7 Å². The summed E-state index contributed by atoms with van der Waals surface area (Å²) in [5.41, 5.74) is 6.29. The van der Waals surface area contributed by atoms with Gasteiger partial charge in [-0.15, -0.1) is 0 Å². The van der Waals surface area contributed by atoms with E-state index in [0.29, 0.717) is 22.3 Å². The lowest BCUT2D eigenvalue weighted by Crippen LogP contribution is -2.35. The highest BCUT2D eigenvalue weighted by atomic mass is 35.5. The number of nitrogens with two attached hydrogens (primary N) is 1. The van der Waals surface area contributed by atoms with Gasteiger partial charge in [0.15, 0.2) is 5.82 Å². The summed E-state index contributed by atoms with van der Waals surface area (Å²) in [6.07, 6.45) is 3.84. The first-order chi connectivity index (χ1) is 11.9. The van der Waals surface area contributed by atoms with Crippen LogP contribution in [0.3, 0.4) is 0 Å². The van der Waals surface area contributed by atoms with E-state index < -0.39 is 11.6 Å². The summed E-state index contributed by atoms with van der Waals surface area (Å²) in [5.74, 6) is 0.698. The number of nitrogens with zero attached hydrogens (tertiary/aromatic N) is 2. The topological polar surface area (TPSA) is 94.0 Å². The Morgan fingerprint density at radius 3 is 2.64 bits per heavy atom. The zero-order chi connectivity index (χ0) is 18.0. The molecule has 1 amide bonds. The standard InChI is InChI=1S/C18H23ClN4O2/c1-11(2)14(21-15(24)12-7-3-4-8-13(12)19)16-22-17(23-25-16)18(20)9-5-6-10-18/h3-4,7-8,11,14H,5-6,9-10,20H2,1-2H3,(H,21,24). The molecule has 1 aromatic carbocycles. The number of carbonyl (C=O) groups is 1. The molecule has 1 heterocycles. The van der Waals surface area contributed by atoms with Crippen LogP contribution >= 0.6 is 11.6 Å². The first kappa shape index (κ1) is 17.9. The third-order valence-corrected chi connectivity index (χ3v) is 5.05. The van der Waals surface area contributed by atoms with Crippen LogP contribution in [0.2, 0.25) is 5.02 Å². The largest absolute Gasteiger partial charge is 0.340 e. The number of halogens is 1. The highest BCUT2D eigenvalue weighted by Crippen LogP contribution is 2.35. The van der Waals surface area contributed by atoms with Gasteiger partial charge in [-0.2, -0.15) is 4.98 Å². The molecule has 1 atom stereocenters. The van der Waals surface area contributed by atoms with Gasteiger partial charge in [0, 0.05) is 0 Å². The highest BCUT2D eigenvalue weighted by molar-refractivity contribution is 6.33. The molecule has 0 bridgehead atoms. The highest BCUT2D eigenvalue weighted by Gasteiger charge is 2.37. The third kappa shape index (κ3) is 3.70. The molecule has 0 aliphatic heterocycles. The fourth-order valence-corrected chi connectivity index (χ4v) is 3.39. The minimum absolute atomic E-state index is 0.0667. The van der Waals surface area contributed by atoms with Crippen molar-refractivity contribution in [3.63, 3.8) is 0 Å². The van der Waals surface area contributed by atoms with Crippen molar-refractivity contribution in [2.75, 3.05) is 0 Å². The van der Waals surface area contributed by atoms with E-state index in [4.69, 9.17) is 21.9 Å². The predicted molar refractivity (Wildman–Crippen MR) is 95.1 cm³/mol. The maximum Gasteiger partial charge on any atom is 0.253 e. The van der Waals surface area contributed by atoms with Crippen LogP contribution in [0.5, 0.6) is 0 Å². The molecule has 1 aliphatic carbocycles. The van der Waals surface area contributed by atoms with Crippen molar-refractivity contribution in [1.29, 1.82) is 0 Å². The minimum Gasteiger partial charge on any atom is -0.340 e. The summed E-state index contributed by atoms with van der Waals surface area (Å²) < 4.78 is 5.44. The van der Waals surface area contributed by atoms with Crippen LogP contribution in [0.25, 0.3) is 0 Å². The van der Waals surface area contributed by atoms with Gasteiger partial charge in [-0.1, -0.05) is 55.6 Å². The lowest BCUT2D eigenvalue weighted by molar-refractivity contribution is 0.0914. The van der Waals surface area contributed by atoms with Gasteiger partial charge in [-0.25, -0.2) is 0 Å². The summed E-state index contributed by atoms with van der Waals surface area (Å²) in [6, 6.07) is 6.51. The van der Waals surface area contributed by atoms with Gasteiger partial charge in [0.2, 0.25) is 5.89 Å². The molecule has 1 unspecified atom stereocenters. The van der Waals surface area contributed by atoms with E-state index in [1.807, 2.05) is 13.8 Å². The Morgan fingerprint density at radius 2 is 2.00 bits per heavy atom. The maximum atomic E-state index is 12.6. The smallest absolute Gasteiger partial charge is 0.253 e. The average molecular weight is 363 g/mol. The fourth-order valence-electron chi connectivity index (χ4n) is 3.17. The van der Waals surface area contributed by atoms with Gasteiger partial charge < -0.3 is 15.6 Å². The van der Waals surface area contributed by atoms with Crippen LogP contribution in [0, 0.1) is 5.92 Å². The molecule has 0 spiro atoms. The molecule has 1 saturated carbocycles. The second-order valence-electron chi connectivity index (χ2n) is 6.99. The molecule has 6 nitrogen and oxygen atoms in total. The normalized spacial score (nSPS) is 17.6. The Kier molecular flexibility index (Phi) is 5.11. The zero-order valence-corrected chi connectivity index (χ0v) is 15.2. The number of aromatic nitrogens is 2. The Hall–Kier alpha value is -1.92. The second-order valence-corrected chi connectivity index (χ2v) is 7.40. The quantitative estimate of drug-likeness (QED) is 0.847. The SMILES string of the molecule is CC(C)C(NC(=O)c1ccccc1Cl)c1nc(C2(N)CCCC2)no1. The summed E-state index contributed by atoms with van der Waals surface area (Å²) in [6.45, 7) is 3.96. The van der Waals surface area contributed by atoms with Crippen molar-refractivity contribution < 1.29 is 9.32 Å². The van der Waals surface area contributed by atoms with Gasteiger partial charge in [-0.3, -0.25) is 4.79 Å². The molecule has 134 valence electrons. The van der Waals surface area contributed by atoms with Crippen LogP contribution < -0.4 is 11.1 Å². The van der Waals surface area contributed by atoms with Crippen molar-refractivity contribution >= 4 is 17.5 Å². The van der Waals surface area contributed by atoms with Gasteiger partial charge in [-0.05, 0) is 30.9 Å². The van der Waals surface area contributed by atoms with Crippen molar-refractivity contribution in [2.24, 2.45) is 11.7 Å². The monoisotopic (exact) mass is 362 g/mol. The Balaban J connectivity index is 1.81. The van der Waals surface area contributed by atoms with Crippen molar-refractivity contribution in [3.8, 4) is 0 Å². The first-order valence-electron chi connectivity index (χ1n) is 8.59. The van der Waals surface area contributed by atoms with E-state index in [1.54, 1.807) is 24.3 Å². The van der Waals surface area contributed by atoms with E-state index in [2.05, 4.69) is 15.5 Å². The average Bonchev–Trinajstić information content (AvgIpc) is 3.22. The fraction of sp³-hybridized carbons (Fsp3) is 0.500. The van der Waals surface area contributed by atoms with Gasteiger partial charge >= 0.3 is 0 Å². The minimum atomic E-state index is -0.518. The van der Waals surface area contributed by atoms with E-state index in [9.17, 15) is 4.79 Å². The third-order valence-electron chi connectivity index (χ3n) is 4.72. The molecule has 1 fully saturated rings. The molecule has 0 saturated heterocycles. The Morgan fingerprint density at radius 1 is 1.32 bits per heavy atom. The van der Waals surface area contributed by atoms with Crippen molar-refractivity contribution in [1.82, 2.24) is 15.5 Å². The molecule has 3 rings (SSSR count). The lowest BCUT2D eigenvalue weighted by atomic mass is 9.98. The molecule has 25 heavy (non-hydrogen) atoms. The first-order valence-corrected chi connectivity index (χ1v) is 8.97. The van der Waals surface area contributed by atoms with Gasteiger partial charge in [0.1, 0.15) is 6.04 Å². The van der Waals surface area contributed by atoms with E-state index >= 15 is 0 Å². The number of carbonyl (C=O) groups excluding carboxylic acids is 1. The van der Waals surface area contributed by atoms with Gasteiger partial charge in [0.25, 0.3) is 5.91 Å². The molecule has 3 N–H and O–H groups in total. The molecule has 1 aliphatic rings. The molecular formula is C18H23ClN4O2. The Bertz CT molecular complexity index is 753. The van der Waals surface area contributed by atoms with E-state index in [1.165, 1.54) is 0 Å². The number of hydrogen-bond donors (Lipinski definition) is 2. The van der Waals surface area contributed by atoms with Crippen LogP contribution in [0.1, 0.15) is 67.6 Å². The van der Waals surface area contributed by atoms with Crippen molar-refractivity contribution in [2.45, 2.75) is 51.1 Å². The zero-order valence-electron chi connectivity index (χ0n) is 14.5. The summed E-state index contributed by atoms with van der Waals surface area (Å²) >= 11 is 6.11. The van der Waals surface area contributed by atoms with Crippen LogP contribution in [-0.2, 0) is 5.54 Å². The number of rotatable bonds is 5. The summed E-state index contributed by atoms with van der Waals surface area (Å²) in [4.78, 5) is 17.1. The number of benzene rings is 1. The predicted octanol–water partition coefficient (Wildman–Crippen LogP) is 3.58. The Labute approximate surface area is 152 Å². The number of hydrogen-bond acceptors (Lipinski definition) is 5. The van der Waals surface area contributed by atoms with E-state index in [-0.39, 0.29) is 11.8 Å². The second kappa shape index (κ2) is 7.14. The van der Waals surface area contributed by atoms with Gasteiger partial charge in [0.05, 0.1) is 16.1 Å².